The molecule has 0 radical (unpaired) electrons. The van der Waals surface area contributed by atoms with Crippen molar-refractivity contribution in [3.05, 3.63) is 0 Å². The quantitative estimate of drug-likeness (QED) is 0.823. The monoisotopic (exact) mass is 279 g/mol. The van der Waals surface area contributed by atoms with E-state index in [4.69, 9.17) is 0 Å². The van der Waals surface area contributed by atoms with Crippen LogP contribution >= 0.6 is 0 Å². The molecule has 0 aliphatic carbocycles. The van der Waals surface area contributed by atoms with Crippen LogP contribution < -0.4 is 10.6 Å². The number of hydrogen-bond donors (Lipinski definition) is 2. The molecule has 3 saturated heterocycles. The van der Waals surface area contributed by atoms with Gasteiger partial charge in [-0.3, -0.25) is 4.79 Å². The van der Waals surface area contributed by atoms with Crippen molar-refractivity contribution in [2.24, 2.45) is 5.92 Å². The summed E-state index contributed by atoms with van der Waals surface area (Å²) in [5.74, 6) is 0.579. The predicted molar refractivity (Wildman–Crippen MR) is 80.6 cm³/mol. The van der Waals surface area contributed by atoms with Gasteiger partial charge in [0.2, 0.25) is 5.91 Å². The minimum Gasteiger partial charge on any atom is -0.342 e. The Morgan fingerprint density at radius 1 is 0.850 bits per heavy atom. The fourth-order valence-corrected chi connectivity index (χ4v) is 4.14. The zero-order valence-corrected chi connectivity index (χ0v) is 12.6. The molecule has 0 aromatic rings. The lowest BCUT2D eigenvalue weighted by Gasteiger charge is -2.39. The van der Waals surface area contributed by atoms with Gasteiger partial charge in [0.05, 0.1) is 5.92 Å². The van der Waals surface area contributed by atoms with E-state index in [0.29, 0.717) is 18.0 Å². The third kappa shape index (κ3) is 3.17. The van der Waals surface area contributed by atoms with Crippen molar-refractivity contribution in [3.8, 4) is 0 Å². The number of carbonyl (C=O) groups is 1. The lowest BCUT2D eigenvalue weighted by Crippen LogP contribution is -2.56. The average molecular weight is 279 g/mol. The summed E-state index contributed by atoms with van der Waals surface area (Å²) in [5, 5.41) is 7.27. The molecule has 1 amide bonds. The van der Waals surface area contributed by atoms with Crippen LogP contribution in [0.1, 0.15) is 51.4 Å². The molecule has 4 heteroatoms. The van der Waals surface area contributed by atoms with Crippen LogP contribution in [0.15, 0.2) is 0 Å². The highest BCUT2D eigenvalue weighted by Crippen LogP contribution is 2.26. The Labute approximate surface area is 122 Å². The number of carbonyl (C=O) groups excluding carboxylic acids is 1. The topological polar surface area (TPSA) is 44.4 Å². The number of hydrogen-bond acceptors (Lipinski definition) is 3. The summed E-state index contributed by atoms with van der Waals surface area (Å²) in [6, 6.07) is 0.792. The first-order valence-corrected chi connectivity index (χ1v) is 8.62. The van der Waals surface area contributed by atoms with Crippen molar-refractivity contribution < 1.29 is 4.79 Å². The Bertz CT molecular complexity index is 298. The molecule has 0 aromatic heterocycles. The summed E-state index contributed by atoms with van der Waals surface area (Å²) in [4.78, 5) is 15.1. The van der Waals surface area contributed by atoms with Crippen LogP contribution in [0, 0.1) is 5.92 Å². The van der Waals surface area contributed by atoms with Gasteiger partial charge in [-0.15, -0.1) is 0 Å². The van der Waals surface area contributed by atoms with Gasteiger partial charge < -0.3 is 15.5 Å². The molecule has 0 bridgehead atoms. The highest BCUT2D eigenvalue weighted by Gasteiger charge is 2.39. The molecule has 20 heavy (non-hydrogen) atoms. The van der Waals surface area contributed by atoms with Gasteiger partial charge in [-0.2, -0.15) is 0 Å². The molecular formula is C16H29N3O. The van der Waals surface area contributed by atoms with E-state index in [1.54, 1.807) is 0 Å². The fraction of sp³-hybridized carbons (Fsp3) is 0.938. The fourth-order valence-electron chi connectivity index (χ4n) is 4.14. The van der Waals surface area contributed by atoms with E-state index < -0.39 is 0 Å². The average Bonchev–Trinajstić information content (AvgIpc) is 3.04. The maximum Gasteiger partial charge on any atom is 0.228 e. The minimum absolute atomic E-state index is 0.161. The van der Waals surface area contributed by atoms with Crippen LogP contribution in [0.2, 0.25) is 0 Å². The molecule has 2 unspecified atom stereocenters. The largest absolute Gasteiger partial charge is 0.342 e. The van der Waals surface area contributed by atoms with E-state index >= 15 is 0 Å². The van der Waals surface area contributed by atoms with Crippen molar-refractivity contribution >= 4 is 5.91 Å². The molecule has 114 valence electrons. The second-order valence-corrected chi connectivity index (χ2v) is 6.67. The van der Waals surface area contributed by atoms with Crippen LogP contribution in [0.4, 0.5) is 0 Å². The Balaban J connectivity index is 1.72. The van der Waals surface area contributed by atoms with Gasteiger partial charge in [-0.05, 0) is 51.6 Å². The number of nitrogens with one attached hydrogen (secondary N) is 2. The van der Waals surface area contributed by atoms with Crippen molar-refractivity contribution in [1.29, 1.82) is 0 Å². The lowest BCUT2D eigenvalue weighted by molar-refractivity contribution is -0.137. The Hall–Kier alpha value is -0.610. The first-order valence-electron chi connectivity index (χ1n) is 8.62. The van der Waals surface area contributed by atoms with Crippen LogP contribution in [0.5, 0.6) is 0 Å². The van der Waals surface area contributed by atoms with Crippen molar-refractivity contribution in [2.75, 3.05) is 26.2 Å². The molecule has 0 saturated carbocycles. The van der Waals surface area contributed by atoms with Crippen LogP contribution in [0.25, 0.3) is 0 Å². The molecule has 2 N–H and O–H groups in total. The van der Waals surface area contributed by atoms with Crippen LogP contribution in [-0.4, -0.2) is 49.1 Å². The van der Waals surface area contributed by atoms with E-state index in [1.165, 1.54) is 51.4 Å². The first-order chi connectivity index (χ1) is 9.86. The van der Waals surface area contributed by atoms with Crippen LogP contribution in [0.3, 0.4) is 0 Å². The van der Waals surface area contributed by atoms with Crippen molar-refractivity contribution in [3.63, 3.8) is 0 Å². The molecule has 3 aliphatic heterocycles. The maximum atomic E-state index is 13.0. The molecule has 3 rings (SSSR count). The summed E-state index contributed by atoms with van der Waals surface area (Å²) in [6.45, 7) is 4.13. The molecule has 3 heterocycles. The van der Waals surface area contributed by atoms with E-state index in [9.17, 15) is 4.79 Å². The summed E-state index contributed by atoms with van der Waals surface area (Å²) in [7, 11) is 0. The first kappa shape index (κ1) is 14.3. The molecular weight excluding hydrogens is 250 g/mol. The van der Waals surface area contributed by atoms with Gasteiger partial charge >= 0.3 is 0 Å². The van der Waals surface area contributed by atoms with Gasteiger partial charge in [-0.25, -0.2) is 0 Å². The maximum absolute atomic E-state index is 13.0. The summed E-state index contributed by atoms with van der Waals surface area (Å²) < 4.78 is 0. The number of nitrogens with zero attached hydrogens (tertiary/aromatic N) is 1. The van der Waals surface area contributed by atoms with Gasteiger partial charge in [0.1, 0.15) is 0 Å². The summed E-state index contributed by atoms with van der Waals surface area (Å²) in [6.07, 6.45) is 9.79. The Morgan fingerprint density at radius 2 is 1.40 bits per heavy atom. The van der Waals surface area contributed by atoms with Crippen LogP contribution in [-0.2, 0) is 4.79 Å². The lowest BCUT2D eigenvalue weighted by atomic mass is 9.82. The smallest absolute Gasteiger partial charge is 0.228 e. The summed E-state index contributed by atoms with van der Waals surface area (Å²) >= 11 is 0. The highest BCUT2D eigenvalue weighted by molar-refractivity contribution is 5.80. The second-order valence-electron chi connectivity index (χ2n) is 6.67. The van der Waals surface area contributed by atoms with Crippen molar-refractivity contribution in [1.82, 2.24) is 15.5 Å². The van der Waals surface area contributed by atoms with Gasteiger partial charge in [0.25, 0.3) is 0 Å². The zero-order valence-electron chi connectivity index (χ0n) is 12.6. The molecule has 0 aromatic carbocycles. The van der Waals surface area contributed by atoms with Gasteiger partial charge in [0.15, 0.2) is 0 Å². The molecule has 3 fully saturated rings. The normalized spacial score (nSPS) is 33.1. The summed E-state index contributed by atoms with van der Waals surface area (Å²) in [5.41, 5.74) is 0. The SMILES string of the molecule is O=C(C(C1CCCCN1)C1CCCCN1)N1CCCC1. The molecule has 0 spiro atoms. The van der Waals surface area contributed by atoms with E-state index in [1.807, 2.05) is 0 Å². The number of amides is 1. The van der Waals surface area contributed by atoms with E-state index in [0.717, 1.165) is 26.2 Å². The number of rotatable bonds is 3. The minimum atomic E-state index is 0.161. The van der Waals surface area contributed by atoms with Crippen molar-refractivity contribution in [2.45, 2.75) is 63.5 Å². The van der Waals surface area contributed by atoms with E-state index in [-0.39, 0.29) is 5.92 Å². The molecule has 4 nitrogen and oxygen atoms in total. The third-order valence-corrected chi connectivity index (χ3v) is 5.27. The standard InChI is InChI=1S/C16H29N3O/c20-16(19-11-5-6-12-19)15(13-7-1-3-9-17-13)14-8-2-4-10-18-14/h13-15,17-18H,1-12H2. The van der Waals surface area contributed by atoms with Gasteiger partial charge in [-0.1, -0.05) is 12.8 Å². The second kappa shape index (κ2) is 6.90. The highest BCUT2D eigenvalue weighted by atomic mass is 16.2. The number of piperidine rings is 2. The third-order valence-electron chi connectivity index (χ3n) is 5.27. The van der Waals surface area contributed by atoms with E-state index in [2.05, 4.69) is 15.5 Å². The zero-order chi connectivity index (χ0) is 13.8. The Morgan fingerprint density at radius 3 is 1.85 bits per heavy atom. The molecule has 2 atom stereocenters. The number of likely N-dealkylation sites (tertiary alicyclic amines) is 1. The van der Waals surface area contributed by atoms with Gasteiger partial charge in [0, 0.05) is 25.2 Å². The Kier molecular flexibility index (Phi) is 4.94. The predicted octanol–water partition coefficient (Wildman–Crippen LogP) is 1.51. The molecule has 3 aliphatic rings.